The second-order valence-corrected chi connectivity index (χ2v) is 8.04. The first-order valence-corrected chi connectivity index (χ1v) is 11.0. The summed E-state index contributed by atoms with van der Waals surface area (Å²) in [5, 5.41) is 8.97. The van der Waals surface area contributed by atoms with Gasteiger partial charge in [-0.3, -0.25) is 0 Å². The number of nitrogens with zero attached hydrogens (tertiary/aromatic N) is 3. The van der Waals surface area contributed by atoms with E-state index in [2.05, 4.69) is 10.2 Å². The molecular weight excluding hydrogens is 420 g/mol. The number of methoxy groups -OCH3 is 2. The van der Waals surface area contributed by atoms with E-state index < -0.39 is 0 Å². The Morgan fingerprint density at radius 3 is 2.48 bits per heavy atom. The van der Waals surface area contributed by atoms with Gasteiger partial charge in [0, 0.05) is 43.9 Å². The van der Waals surface area contributed by atoms with Gasteiger partial charge < -0.3 is 24.5 Å². The SMILES string of the molecule is CNC(=O)N1N=C(c2ccc(N(C)CCCC=O)cc2)c2cc(OC)c(OC)cc2CC1C. The Balaban J connectivity index is 2.06. The van der Waals surface area contributed by atoms with Gasteiger partial charge in [0.25, 0.3) is 0 Å². The summed E-state index contributed by atoms with van der Waals surface area (Å²) in [5.74, 6) is 1.25. The summed E-state index contributed by atoms with van der Waals surface area (Å²) in [5.41, 5.74) is 4.55. The number of anilines is 1. The Bertz CT molecular complexity index is 1020. The first-order valence-electron chi connectivity index (χ1n) is 11.0. The number of benzene rings is 2. The van der Waals surface area contributed by atoms with Crippen molar-refractivity contribution in [2.75, 3.05) is 39.8 Å². The molecular formula is C25H32N4O4. The predicted molar refractivity (Wildman–Crippen MR) is 130 cm³/mol. The van der Waals surface area contributed by atoms with Crippen LogP contribution in [-0.4, -0.2) is 63.9 Å². The minimum absolute atomic E-state index is 0.150. The number of carbonyl (C=O) groups excluding carboxylic acids is 2. The Labute approximate surface area is 195 Å². The number of hydrogen-bond acceptors (Lipinski definition) is 6. The molecule has 0 aromatic heterocycles. The number of carbonyl (C=O) groups is 2. The van der Waals surface area contributed by atoms with E-state index in [4.69, 9.17) is 14.6 Å². The van der Waals surface area contributed by atoms with E-state index in [1.165, 1.54) is 5.01 Å². The van der Waals surface area contributed by atoms with Crippen molar-refractivity contribution in [2.24, 2.45) is 5.10 Å². The normalized spacial score (nSPS) is 15.1. The molecule has 0 saturated heterocycles. The minimum Gasteiger partial charge on any atom is -0.493 e. The van der Waals surface area contributed by atoms with Gasteiger partial charge in [0.05, 0.1) is 26.0 Å². The van der Waals surface area contributed by atoms with E-state index in [0.29, 0.717) is 30.1 Å². The molecule has 176 valence electrons. The van der Waals surface area contributed by atoms with Crippen LogP contribution in [0.5, 0.6) is 11.5 Å². The second kappa shape index (κ2) is 10.8. The van der Waals surface area contributed by atoms with E-state index in [0.717, 1.165) is 41.6 Å². The minimum atomic E-state index is -0.265. The van der Waals surface area contributed by atoms with Crippen molar-refractivity contribution in [3.05, 3.63) is 53.1 Å². The summed E-state index contributed by atoms with van der Waals surface area (Å²) in [6, 6.07) is 11.5. The largest absolute Gasteiger partial charge is 0.493 e. The predicted octanol–water partition coefficient (Wildman–Crippen LogP) is 3.46. The van der Waals surface area contributed by atoms with Crippen molar-refractivity contribution in [1.29, 1.82) is 0 Å². The molecule has 0 saturated carbocycles. The summed E-state index contributed by atoms with van der Waals surface area (Å²) in [6.07, 6.45) is 2.92. The van der Waals surface area contributed by atoms with E-state index in [1.54, 1.807) is 21.3 Å². The number of ether oxygens (including phenoxy) is 2. The molecule has 3 rings (SSSR count). The lowest BCUT2D eigenvalue weighted by Gasteiger charge is -2.22. The van der Waals surface area contributed by atoms with Crippen molar-refractivity contribution in [3.8, 4) is 11.5 Å². The number of fused-ring (bicyclic) bond motifs is 1. The van der Waals surface area contributed by atoms with Gasteiger partial charge in [-0.25, -0.2) is 9.80 Å². The highest BCUT2D eigenvalue weighted by atomic mass is 16.5. The van der Waals surface area contributed by atoms with Crippen LogP contribution in [0.4, 0.5) is 10.5 Å². The van der Waals surface area contributed by atoms with Gasteiger partial charge in [-0.1, -0.05) is 12.1 Å². The lowest BCUT2D eigenvalue weighted by molar-refractivity contribution is -0.107. The third-order valence-corrected chi connectivity index (χ3v) is 5.82. The lowest BCUT2D eigenvalue weighted by Crippen LogP contribution is -2.41. The fourth-order valence-corrected chi connectivity index (χ4v) is 3.96. The molecule has 2 amide bonds. The van der Waals surface area contributed by atoms with Crippen LogP contribution in [-0.2, 0) is 11.2 Å². The first kappa shape index (κ1) is 24.1. The Hall–Kier alpha value is -3.55. The summed E-state index contributed by atoms with van der Waals surface area (Å²) in [7, 11) is 6.82. The number of urea groups is 1. The highest BCUT2D eigenvalue weighted by Crippen LogP contribution is 2.34. The summed E-state index contributed by atoms with van der Waals surface area (Å²) in [4.78, 5) is 25.3. The van der Waals surface area contributed by atoms with Gasteiger partial charge in [0.2, 0.25) is 0 Å². The summed E-state index contributed by atoms with van der Waals surface area (Å²) < 4.78 is 11.1. The molecule has 0 fully saturated rings. The lowest BCUT2D eigenvalue weighted by atomic mass is 9.94. The molecule has 33 heavy (non-hydrogen) atoms. The van der Waals surface area contributed by atoms with Crippen molar-refractivity contribution >= 4 is 23.7 Å². The number of nitrogens with one attached hydrogen (secondary N) is 1. The van der Waals surface area contributed by atoms with Gasteiger partial charge in [0.1, 0.15) is 6.29 Å². The Morgan fingerprint density at radius 1 is 1.21 bits per heavy atom. The summed E-state index contributed by atoms with van der Waals surface area (Å²) in [6.45, 7) is 2.76. The Kier molecular flexibility index (Phi) is 7.92. The highest BCUT2D eigenvalue weighted by Gasteiger charge is 2.28. The van der Waals surface area contributed by atoms with E-state index in [9.17, 15) is 9.59 Å². The molecule has 2 aromatic rings. The highest BCUT2D eigenvalue weighted by molar-refractivity contribution is 6.14. The average Bonchev–Trinajstić information content (AvgIpc) is 2.98. The van der Waals surface area contributed by atoms with Gasteiger partial charge in [-0.2, -0.15) is 5.10 Å². The third-order valence-electron chi connectivity index (χ3n) is 5.82. The Morgan fingerprint density at radius 2 is 1.88 bits per heavy atom. The van der Waals surface area contributed by atoms with Crippen molar-refractivity contribution in [2.45, 2.75) is 32.2 Å². The van der Waals surface area contributed by atoms with Crippen LogP contribution in [0.2, 0.25) is 0 Å². The number of hydrogen-bond donors (Lipinski definition) is 1. The zero-order valence-corrected chi connectivity index (χ0v) is 19.9. The van der Waals surface area contributed by atoms with E-state index >= 15 is 0 Å². The number of aldehydes is 1. The van der Waals surface area contributed by atoms with Crippen molar-refractivity contribution in [1.82, 2.24) is 10.3 Å². The van der Waals surface area contributed by atoms with Crippen molar-refractivity contribution in [3.63, 3.8) is 0 Å². The van der Waals surface area contributed by atoms with Crippen LogP contribution < -0.4 is 19.7 Å². The molecule has 1 unspecified atom stereocenters. The zero-order valence-electron chi connectivity index (χ0n) is 19.9. The number of rotatable bonds is 8. The molecule has 1 aliphatic rings. The van der Waals surface area contributed by atoms with Crippen LogP contribution in [0.1, 0.15) is 36.5 Å². The fraction of sp³-hybridized carbons (Fsp3) is 0.400. The van der Waals surface area contributed by atoms with E-state index in [1.807, 2.05) is 50.4 Å². The van der Waals surface area contributed by atoms with Crippen LogP contribution in [0.25, 0.3) is 0 Å². The van der Waals surface area contributed by atoms with Gasteiger partial charge in [0.15, 0.2) is 11.5 Å². The molecule has 1 aliphatic heterocycles. The second-order valence-electron chi connectivity index (χ2n) is 8.04. The third kappa shape index (κ3) is 5.27. The molecule has 1 N–H and O–H groups in total. The molecule has 0 spiro atoms. The number of hydrazone groups is 1. The van der Waals surface area contributed by atoms with Crippen LogP contribution in [0, 0.1) is 0 Å². The molecule has 8 heteroatoms. The van der Waals surface area contributed by atoms with Gasteiger partial charge in [-0.05, 0) is 49.6 Å². The maximum absolute atomic E-state index is 12.6. The smallest absolute Gasteiger partial charge is 0.337 e. The molecule has 1 heterocycles. The monoisotopic (exact) mass is 452 g/mol. The van der Waals surface area contributed by atoms with Crippen LogP contribution in [0.15, 0.2) is 41.5 Å². The zero-order chi connectivity index (χ0) is 24.0. The molecule has 0 radical (unpaired) electrons. The number of unbranched alkanes of at least 4 members (excludes halogenated alkanes) is 1. The van der Waals surface area contributed by atoms with Gasteiger partial charge >= 0.3 is 6.03 Å². The maximum atomic E-state index is 12.6. The molecule has 0 aliphatic carbocycles. The standard InChI is InChI=1S/C25H32N4O4/c1-17-14-19-15-22(32-4)23(33-5)16-21(19)24(27-29(17)25(31)26-2)18-8-10-20(11-9-18)28(3)12-6-7-13-30/h8-11,13,15-17H,6-7,12,14H2,1-5H3,(H,26,31). The molecule has 2 aromatic carbocycles. The number of amides is 2. The first-order chi connectivity index (χ1) is 15.9. The fourth-order valence-electron chi connectivity index (χ4n) is 3.96. The molecule has 0 bridgehead atoms. The average molecular weight is 453 g/mol. The van der Waals surface area contributed by atoms with E-state index in [-0.39, 0.29) is 12.1 Å². The quantitative estimate of drug-likeness (QED) is 0.490. The molecule has 8 nitrogen and oxygen atoms in total. The van der Waals surface area contributed by atoms with Crippen molar-refractivity contribution < 1.29 is 19.1 Å². The molecule has 1 atom stereocenters. The van der Waals surface area contributed by atoms with Crippen LogP contribution in [0.3, 0.4) is 0 Å². The summed E-state index contributed by atoms with van der Waals surface area (Å²) >= 11 is 0. The maximum Gasteiger partial charge on any atom is 0.337 e. The van der Waals surface area contributed by atoms with Crippen LogP contribution >= 0.6 is 0 Å². The van der Waals surface area contributed by atoms with Gasteiger partial charge in [-0.15, -0.1) is 0 Å². The topological polar surface area (TPSA) is 83.5 Å².